The number of hydrogen-bond acceptors (Lipinski definition) is 4. The van der Waals surface area contributed by atoms with E-state index in [9.17, 15) is 13.2 Å². The lowest BCUT2D eigenvalue weighted by atomic mass is 10.1. The zero-order chi connectivity index (χ0) is 15.5. The van der Waals surface area contributed by atoms with Gasteiger partial charge < -0.3 is 19.4 Å². The molecule has 2 aromatic carbocycles. The first-order valence-corrected chi connectivity index (χ1v) is 5.83. The van der Waals surface area contributed by atoms with Crippen LogP contribution in [0, 0.1) is 0 Å². The Morgan fingerprint density at radius 3 is 2.14 bits per heavy atom. The van der Waals surface area contributed by atoms with E-state index in [0.717, 1.165) is 12.1 Å². The molecule has 0 heterocycles. The Kier molecular flexibility index (Phi) is 4.39. The number of rotatable bonds is 4. The van der Waals surface area contributed by atoms with Crippen LogP contribution in [0.25, 0.3) is 0 Å². The molecule has 0 unspecified atom stereocenters. The molecule has 0 spiro atoms. The van der Waals surface area contributed by atoms with Gasteiger partial charge in [0.1, 0.15) is 17.2 Å². The Labute approximate surface area is 118 Å². The molecular weight excluding hydrogens is 288 g/mol. The van der Waals surface area contributed by atoms with Crippen LogP contribution in [0.15, 0.2) is 48.5 Å². The Bertz CT molecular complexity index is 602. The van der Waals surface area contributed by atoms with Crippen molar-refractivity contribution in [3.63, 3.8) is 0 Å². The molecule has 0 aliphatic carbocycles. The monoisotopic (exact) mass is 298 g/mol. The van der Waals surface area contributed by atoms with E-state index in [4.69, 9.17) is 14.8 Å². The molecule has 2 rings (SSSR count). The highest BCUT2D eigenvalue weighted by molar-refractivity contribution is 6.33. The highest BCUT2D eigenvalue weighted by atomic mass is 19.4. The standard InChI is InChI=1S/C13H10BF3O4/c15-13(16,17)11-8-10(6-7-12(11)21-14(18)19)20-9-4-2-1-3-5-9/h1-8,18-19H. The van der Waals surface area contributed by atoms with Crippen molar-refractivity contribution in [1.82, 2.24) is 0 Å². The van der Waals surface area contributed by atoms with E-state index in [-0.39, 0.29) is 5.75 Å². The Morgan fingerprint density at radius 2 is 1.57 bits per heavy atom. The lowest BCUT2D eigenvalue weighted by molar-refractivity contribution is -0.138. The van der Waals surface area contributed by atoms with E-state index in [1.54, 1.807) is 30.3 Å². The maximum Gasteiger partial charge on any atom is 0.707 e. The van der Waals surface area contributed by atoms with Crippen LogP contribution in [0.2, 0.25) is 0 Å². The summed E-state index contributed by atoms with van der Waals surface area (Å²) in [6.45, 7) is 0. The number of halogens is 3. The van der Waals surface area contributed by atoms with Gasteiger partial charge >= 0.3 is 13.5 Å². The van der Waals surface area contributed by atoms with Crippen LogP contribution in [-0.2, 0) is 6.18 Å². The van der Waals surface area contributed by atoms with Crippen LogP contribution in [0.4, 0.5) is 13.2 Å². The van der Waals surface area contributed by atoms with Gasteiger partial charge in [-0.25, -0.2) is 0 Å². The number of ether oxygens (including phenoxy) is 1. The summed E-state index contributed by atoms with van der Waals surface area (Å²) in [5, 5.41) is 17.3. The van der Waals surface area contributed by atoms with Crippen molar-refractivity contribution in [3.05, 3.63) is 54.1 Å². The summed E-state index contributed by atoms with van der Waals surface area (Å²) in [6.07, 6.45) is -4.72. The first kappa shape index (κ1) is 15.2. The minimum Gasteiger partial charge on any atom is -0.511 e. The number of hydrogen-bond donors (Lipinski definition) is 2. The fourth-order valence-electron chi connectivity index (χ4n) is 1.64. The molecule has 110 valence electrons. The van der Waals surface area contributed by atoms with Gasteiger partial charge in [-0.3, -0.25) is 0 Å². The maximum absolute atomic E-state index is 12.9. The van der Waals surface area contributed by atoms with Crippen molar-refractivity contribution in [2.75, 3.05) is 0 Å². The third kappa shape index (κ3) is 4.14. The van der Waals surface area contributed by atoms with E-state index in [1.165, 1.54) is 6.07 Å². The van der Waals surface area contributed by atoms with E-state index < -0.39 is 24.8 Å². The molecule has 0 aliphatic rings. The lowest BCUT2D eigenvalue weighted by Crippen LogP contribution is -2.22. The van der Waals surface area contributed by atoms with Gasteiger partial charge in [-0.1, -0.05) is 18.2 Å². The molecule has 2 N–H and O–H groups in total. The SMILES string of the molecule is OB(O)Oc1ccc(Oc2ccccc2)cc1C(F)(F)F. The molecule has 0 atom stereocenters. The fourth-order valence-corrected chi connectivity index (χ4v) is 1.64. The van der Waals surface area contributed by atoms with Crippen LogP contribution < -0.4 is 9.39 Å². The lowest BCUT2D eigenvalue weighted by Gasteiger charge is -2.15. The van der Waals surface area contributed by atoms with Gasteiger partial charge in [-0.15, -0.1) is 0 Å². The summed E-state index contributed by atoms with van der Waals surface area (Å²) in [5.74, 6) is -0.368. The van der Waals surface area contributed by atoms with Crippen LogP contribution >= 0.6 is 0 Å². The summed E-state index contributed by atoms with van der Waals surface area (Å²) in [7, 11) is -2.34. The highest BCUT2D eigenvalue weighted by Gasteiger charge is 2.36. The van der Waals surface area contributed by atoms with Gasteiger partial charge in [-0.2, -0.15) is 13.2 Å². The highest BCUT2D eigenvalue weighted by Crippen LogP contribution is 2.39. The second-order valence-electron chi connectivity index (χ2n) is 4.01. The molecule has 8 heteroatoms. The minimum atomic E-state index is -4.72. The Morgan fingerprint density at radius 1 is 0.905 bits per heavy atom. The molecule has 0 aromatic heterocycles. The van der Waals surface area contributed by atoms with Crippen molar-refractivity contribution >= 4 is 7.32 Å². The summed E-state index contributed by atoms with van der Waals surface area (Å²) in [4.78, 5) is 0. The van der Waals surface area contributed by atoms with Gasteiger partial charge in [-0.05, 0) is 30.3 Å². The van der Waals surface area contributed by atoms with Crippen molar-refractivity contribution < 1.29 is 32.6 Å². The molecule has 0 amide bonds. The van der Waals surface area contributed by atoms with E-state index in [1.807, 2.05) is 0 Å². The number of para-hydroxylation sites is 1. The third-order valence-corrected chi connectivity index (χ3v) is 2.47. The largest absolute Gasteiger partial charge is 0.707 e. The van der Waals surface area contributed by atoms with Crippen molar-refractivity contribution in [2.24, 2.45) is 0 Å². The first-order chi connectivity index (χ1) is 9.86. The Balaban J connectivity index is 2.33. The predicted octanol–water partition coefficient (Wildman–Crippen LogP) is 2.85. The van der Waals surface area contributed by atoms with E-state index in [2.05, 4.69) is 4.65 Å². The zero-order valence-corrected chi connectivity index (χ0v) is 10.5. The summed E-state index contributed by atoms with van der Waals surface area (Å²) in [6, 6.07) is 11.2. The van der Waals surface area contributed by atoms with Gasteiger partial charge in [0.25, 0.3) is 0 Å². The van der Waals surface area contributed by atoms with E-state index >= 15 is 0 Å². The van der Waals surface area contributed by atoms with Gasteiger partial charge in [0.15, 0.2) is 0 Å². The van der Waals surface area contributed by atoms with Crippen molar-refractivity contribution in [2.45, 2.75) is 6.18 Å². The molecule has 0 fully saturated rings. The Hall–Kier alpha value is -2.19. The second kappa shape index (κ2) is 6.07. The molecule has 0 bridgehead atoms. The maximum atomic E-state index is 12.9. The van der Waals surface area contributed by atoms with Crippen LogP contribution in [-0.4, -0.2) is 17.4 Å². The van der Waals surface area contributed by atoms with Gasteiger partial charge in [0.2, 0.25) is 0 Å². The number of benzene rings is 2. The fraction of sp³-hybridized carbons (Fsp3) is 0.0769. The van der Waals surface area contributed by atoms with Crippen LogP contribution in [0.1, 0.15) is 5.56 Å². The summed E-state index contributed by atoms with van der Waals surface area (Å²) in [5.41, 5.74) is -1.16. The molecule has 0 saturated heterocycles. The van der Waals surface area contributed by atoms with Crippen LogP contribution in [0.3, 0.4) is 0 Å². The second-order valence-corrected chi connectivity index (χ2v) is 4.01. The molecule has 0 aliphatic heterocycles. The normalized spacial score (nSPS) is 11.1. The third-order valence-electron chi connectivity index (χ3n) is 2.47. The van der Waals surface area contributed by atoms with Crippen molar-refractivity contribution in [3.8, 4) is 17.2 Å². The summed E-state index contributed by atoms with van der Waals surface area (Å²) < 4.78 is 48.4. The molecule has 0 saturated carbocycles. The smallest absolute Gasteiger partial charge is 0.511 e. The van der Waals surface area contributed by atoms with Gasteiger partial charge in [0, 0.05) is 0 Å². The topological polar surface area (TPSA) is 58.9 Å². The predicted molar refractivity (Wildman–Crippen MR) is 68.8 cm³/mol. The van der Waals surface area contributed by atoms with Gasteiger partial charge in [0.05, 0.1) is 5.56 Å². The summed E-state index contributed by atoms with van der Waals surface area (Å²) >= 11 is 0. The number of alkyl halides is 3. The molecular formula is C13H10BF3O4. The molecule has 2 aromatic rings. The average Bonchev–Trinajstić information content (AvgIpc) is 2.40. The quantitative estimate of drug-likeness (QED) is 0.852. The molecule has 0 radical (unpaired) electrons. The van der Waals surface area contributed by atoms with Crippen molar-refractivity contribution in [1.29, 1.82) is 0 Å². The molecule has 21 heavy (non-hydrogen) atoms. The van der Waals surface area contributed by atoms with E-state index in [0.29, 0.717) is 5.75 Å². The molecule has 4 nitrogen and oxygen atoms in total. The first-order valence-electron chi connectivity index (χ1n) is 5.83. The average molecular weight is 298 g/mol. The minimum absolute atomic E-state index is 0.0479. The zero-order valence-electron chi connectivity index (χ0n) is 10.5. The van der Waals surface area contributed by atoms with Crippen LogP contribution in [0.5, 0.6) is 17.2 Å².